The molecule has 0 saturated heterocycles. The predicted octanol–water partition coefficient (Wildman–Crippen LogP) is 6.10. The number of unbranched alkanes of at least 4 members (excludes halogenated alkanes) is 1. The molecule has 3 aromatic rings. The molecule has 0 aliphatic rings. The van der Waals surface area contributed by atoms with Gasteiger partial charge in [-0.2, -0.15) is 0 Å². The van der Waals surface area contributed by atoms with E-state index in [-0.39, 0.29) is 16.9 Å². The lowest BCUT2D eigenvalue weighted by molar-refractivity contribution is 0.630. The van der Waals surface area contributed by atoms with Crippen molar-refractivity contribution in [1.82, 2.24) is 9.97 Å². The number of halogens is 2. The molecule has 26 heavy (non-hydrogen) atoms. The summed E-state index contributed by atoms with van der Waals surface area (Å²) in [7, 11) is 0. The van der Waals surface area contributed by atoms with Crippen molar-refractivity contribution >= 4 is 34.4 Å². The molecule has 0 saturated carbocycles. The molecule has 2 aromatic carbocycles. The van der Waals surface area contributed by atoms with Gasteiger partial charge in [0.25, 0.3) is 0 Å². The van der Waals surface area contributed by atoms with E-state index in [1.165, 1.54) is 12.1 Å². The van der Waals surface area contributed by atoms with E-state index in [1.54, 1.807) is 0 Å². The summed E-state index contributed by atoms with van der Waals surface area (Å²) in [5.41, 5.74) is 11.3. The Morgan fingerprint density at radius 2 is 1.81 bits per heavy atom. The third kappa shape index (κ3) is 3.56. The molecule has 0 bridgehead atoms. The minimum Gasteiger partial charge on any atom is -0.383 e. The highest BCUT2D eigenvalue weighted by atomic mass is 35.5. The van der Waals surface area contributed by atoms with Gasteiger partial charge in [0.15, 0.2) is 0 Å². The van der Waals surface area contributed by atoms with Gasteiger partial charge < -0.3 is 5.73 Å². The summed E-state index contributed by atoms with van der Waals surface area (Å²) >= 11 is 5.99. The topological polar surface area (TPSA) is 51.8 Å². The highest BCUT2D eigenvalue weighted by Gasteiger charge is 2.16. The summed E-state index contributed by atoms with van der Waals surface area (Å²) in [6, 6.07) is 7.01. The number of nitrogens with zero attached hydrogens (tertiary/aromatic N) is 2. The first-order valence-electron chi connectivity index (χ1n) is 8.61. The lowest BCUT2D eigenvalue weighted by Crippen LogP contribution is -1.99. The largest absolute Gasteiger partial charge is 0.383 e. The first-order chi connectivity index (χ1) is 12.4. The summed E-state index contributed by atoms with van der Waals surface area (Å²) in [6.07, 6.45) is 6.44. The average Bonchev–Trinajstić information content (AvgIpc) is 2.55. The van der Waals surface area contributed by atoms with Crippen LogP contribution in [0.3, 0.4) is 0 Å². The van der Waals surface area contributed by atoms with E-state index >= 15 is 0 Å². The Morgan fingerprint density at radius 1 is 1.12 bits per heavy atom. The molecule has 0 aliphatic carbocycles. The number of anilines is 1. The highest BCUT2D eigenvalue weighted by molar-refractivity contribution is 6.29. The Hall–Kier alpha value is -2.46. The fourth-order valence-electron chi connectivity index (χ4n) is 3.29. The average molecular weight is 370 g/mol. The molecule has 134 valence electrons. The van der Waals surface area contributed by atoms with Gasteiger partial charge in [0.05, 0.1) is 5.52 Å². The van der Waals surface area contributed by atoms with Crippen LogP contribution in [0.5, 0.6) is 0 Å². The molecule has 1 heterocycles. The van der Waals surface area contributed by atoms with Gasteiger partial charge in [0.2, 0.25) is 5.28 Å². The van der Waals surface area contributed by atoms with Gasteiger partial charge in [-0.05, 0) is 66.3 Å². The number of hydrogen-bond acceptors (Lipinski definition) is 3. The second-order valence-electron chi connectivity index (χ2n) is 6.45. The number of aromatic nitrogens is 2. The van der Waals surface area contributed by atoms with Crippen LogP contribution in [-0.2, 0) is 0 Å². The van der Waals surface area contributed by atoms with Crippen LogP contribution >= 0.6 is 11.6 Å². The molecule has 0 fully saturated rings. The van der Waals surface area contributed by atoms with E-state index in [0.29, 0.717) is 16.5 Å². The molecule has 0 aliphatic heterocycles. The van der Waals surface area contributed by atoms with Crippen LogP contribution in [0.1, 0.15) is 36.5 Å². The second-order valence-corrected chi connectivity index (χ2v) is 6.79. The van der Waals surface area contributed by atoms with Crippen molar-refractivity contribution in [3.05, 3.63) is 58.1 Å². The fraction of sp³-hybridized carbons (Fsp3) is 0.238. The van der Waals surface area contributed by atoms with Crippen LogP contribution in [0.15, 0.2) is 30.3 Å². The van der Waals surface area contributed by atoms with E-state index in [1.807, 2.05) is 13.8 Å². The Balaban J connectivity index is 2.24. The van der Waals surface area contributed by atoms with Gasteiger partial charge in [0, 0.05) is 10.9 Å². The molecule has 0 spiro atoms. The van der Waals surface area contributed by atoms with Gasteiger partial charge in [-0.25, -0.2) is 14.4 Å². The molecule has 0 radical (unpaired) electrons. The van der Waals surface area contributed by atoms with Crippen LogP contribution in [0.25, 0.3) is 28.1 Å². The van der Waals surface area contributed by atoms with E-state index in [9.17, 15) is 4.39 Å². The van der Waals surface area contributed by atoms with Gasteiger partial charge >= 0.3 is 0 Å². The molecule has 5 heteroatoms. The maximum atomic E-state index is 14.3. The molecular formula is C21H21ClFN3. The number of aryl methyl sites for hydroxylation is 2. The van der Waals surface area contributed by atoms with Crippen molar-refractivity contribution in [2.24, 2.45) is 0 Å². The third-order valence-corrected chi connectivity index (χ3v) is 4.53. The van der Waals surface area contributed by atoms with Crippen LogP contribution in [0.4, 0.5) is 10.2 Å². The smallest absolute Gasteiger partial charge is 0.224 e. The molecule has 3 rings (SSSR count). The summed E-state index contributed by atoms with van der Waals surface area (Å²) in [5, 5.41) is 0.521. The zero-order valence-electron chi connectivity index (χ0n) is 15.1. The number of hydrogen-bond donors (Lipinski definition) is 1. The van der Waals surface area contributed by atoms with Gasteiger partial charge in [-0.3, -0.25) is 0 Å². The van der Waals surface area contributed by atoms with Crippen molar-refractivity contribution in [3.8, 4) is 11.1 Å². The van der Waals surface area contributed by atoms with Crippen molar-refractivity contribution in [2.75, 3.05) is 5.73 Å². The number of benzene rings is 2. The SMILES string of the molecule is CCC/C=C/c1cc(C)c(-c2cc(F)cc3c(N)nc(Cl)nc23)c(C)c1. The molecule has 0 atom stereocenters. The van der Waals surface area contributed by atoms with Gasteiger partial charge in [-0.15, -0.1) is 0 Å². The molecule has 1 aromatic heterocycles. The summed E-state index contributed by atoms with van der Waals surface area (Å²) < 4.78 is 14.3. The van der Waals surface area contributed by atoms with Crippen LogP contribution in [0.2, 0.25) is 5.28 Å². The summed E-state index contributed by atoms with van der Waals surface area (Å²) in [4.78, 5) is 8.25. The lowest BCUT2D eigenvalue weighted by atomic mass is 9.92. The van der Waals surface area contributed by atoms with Crippen LogP contribution in [-0.4, -0.2) is 9.97 Å². The fourth-order valence-corrected chi connectivity index (χ4v) is 3.46. The van der Waals surface area contributed by atoms with Gasteiger partial charge in [-0.1, -0.05) is 37.6 Å². The van der Waals surface area contributed by atoms with E-state index in [4.69, 9.17) is 17.3 Å². The molecule has 2 N–H and O–H groups in total. The lowest BCUT2D eigenvalue weighted by Gasteiger charge is -2.15. The summed E-state index contributed by atoms with van der Waals surface area (Å²) in [6.45, 7) is 6.18. The molecule has 0 amide bonds. The maximum Gasteiger partial charge on any atom is 0.224 e. The van der Waals surface area contributed by atoms with Gasteiger partial charge in [0.1, 0.15) is 11.6 Å². The predicted molar refractivity (Wildman–Crippen MR) is 108 cm³/mol. The normalized spacial score (nSPS) is 11.6. The monoisotopic (exact) mass is 369 g/mol. The number of nitrogens with two attached hydrogens (primary N) is 1. The van der Waals surface area contributed by atoms with Crippen molar-refractivity contribution < 1.29 is 4.39 Å². The van der Waals surface area contributed by atoms with Crippen molar-refractivity contribution in [1.29, 1.82) is 0 Å². The van der Waals surface area contributed by atoms with E-state index < -0.39 is 0 Å². The Labute approximate surface area is 157 Å². The molecular weight excluding hydrogens is 349 g/mol. The Morgan fingerprint density at radius 3 is 2.46 bits per heavy atom. The number of nitrogen functional groups attached to an aromatic ring is 1. The molecule has 3 nitrogen and oxygen atoms in total. The first kappa shape index (κ1) is 18.3. The minimum absolute atomic E-state index is 0.0530. The maximum absolute atomic E-state index is 14.3. The Kier molecular flexibility index (Phi) is 5.23. The quantitative estimate of drug-likeness (QED) is 0.565. The van der Waals surface area contributed by atoms with Crippen molar-refractivity contribution in [3.63, 3.8) is 0 Å². The number of rotatable bonds is 4. The van der Waals surface area contributed by atoms with E-state index in [0.717, 1.165) is 35.1 Å². The second kappa shape index (κ2) is 7.42. The first-order valence-corrected chi connectivity index (χ1v) is 8.99. The zero-order valence-corrected chi connectivity index (χ0v) is 15.9. The molecule has 0 unspecified atom stereocenters. The summed E-state index contributed by atoms with van der Waals surface area (Å²) in [5.74, 6) is -0.203. The van der Waals surface area contributed by atoms with Crippen LogP contribution < -0.4 is 5.73 Å². The Bertz CT molecular complexity index is 989. The standard InChI is InChI=1S/C21H21ClFN3/c1-4-5-6-7-14-8-12(2)18(13(3)9-14)16-10-15(23)11-17-19(16)25-21(22)26-20(17)24/h6-11H,4-5H2,1-3H3,(H2,24,25,26)/b7-6+. The minimum atomic E-state index is -0.379. The van der Waals surface area contributed by atoms with Crippen molar-refractivity contribution in [2.45, 2.75) is 33.6 Å². The van der Waals surface area contributed by atoms with E-state index in [2.05, 4.69) is 41.2 Å². The van der Waals surface area contributed by atoms with Crippen LogP contribution in [0, 0.1) is 19.7 Å². The third-order valence-electron chi connectivity index (χ3n) is 4.36. The zero-order chi connectivity index (χ0) is 18.8. The highest BCUT2D eigenvalue weighted by Crippen LogP contribution is 2.36. The number of fused-ring (bicyclic) bond motifs is 1. The number of allylic oxidation sites excluding steroid dienone is 1.